The third-order valence-corrected chi connectivity index (χ3v) is 3.23. The number of hydrogen-bond acceptors (Lipinski definition) is 4. The summed E-state index contributed by atoms with van der Waals surface area (Å²) in [5.41, 5.74) is 0.846. The number of amides is 2. The lowest BCUT2D eigenvalue weighted by molar-refractivity contribution is -0.137. The fourth-order valence-corrected chi connectivity index (χ4v) is 2.00. The molecule has 0 atom stereocenters. The van der Waals surface area contributed by atoms with Gasteiger partial charge in [-0.15, -0.1) is 5.10 Å². The van der Waals surface area contributed by atoms with Crippen LogP contribution in [0.1, 0.15) is 26.7 Å². The summed E-state index contributed by atoms with van der Waals surface area (Å²) in [6.45, 7) is 3.56. The molecule has 122 valence electrons. The van der Waals surface area contributed by atoms with Crippen molar-refractivity contribution in [1.82, 2.24) is 20.3 Å². The third-order valence-electron chi connectivity index (χ3n) is 3.23. The molecule has 0 spiro atoms. The van der Waals surface area contributed by atoms with Crippen LogP contribution in [-0.4, -0.2) is 37.6 Å². The van der Waals surface area contributed by atoms with E-state index >= 15 is 0 Å². The standard InChI is InChI=1S/C15H19N5O3/c1-15(2,8-7-13(21)22)18-14(23)17-11-3-5-12(6-4-11)20-10-9-16-19-20/h3-6,9-10H,7-8H2,1-2H3,(H,21,22)(H2,17,18,23). The second-order valence-electron chi connectivity index (χ2n) is 5.75. The molecule has 0 fully saturated rings. The van der Waals surface area contributed by atoms with E-state index in [0.29, 0.717) is 12.1 Å². The SMILES string of the molecule is CC(C)(CCC(=O)O)NC(=O)Nc1ccc(-n2ccnn2)cc1. The number of nitrogens with zero attached hydrogens (tertiary/aromatic N) is 3. The Morgan fingerprint density at radius 2 is 1.96 bits per heavy atom. The molecule has 0 aliphatic rings. The molecule has 8 heteroatoms. The van der Waals surface area contributed by atoms with Crippen LogP contribution in [0, 0.1) is 0 Å². The Morgan fingerprint density at radius 3 is 2.52 bits per heavy atom. The number of carboxylic acids is 1. The highest BCUT2D eigenvalue weighted by atomic mass is 16.4. The Kier molecular flexibility index (Phi) is 4.95. The second kappa shape index (κ2) is 6.91. The summed E-state index contributed by atoms with van der Waals surface area (Å²) >= 11 is 0. The van der Waals surface area contributed by atoms with Crippen molar-refractivity contribution in [2.75, 3.05) is 5.32 Å². The lowest BCUT2D eigenvalue weighted by Crippen LogP contribution is -2.45. The predicted octanol–water partition coefficient (Wildman–Crippen LogP) is 2.03. The Labute approximate surface area is 133 Å². The fraction of sp³-hybridized carbons (Fsp3) is 0.333. The molecule has 1 aromatic heterocycles. The minimum atomic E-state index is -0.885. The molecular formula is C15H19N5O3. The predicted molar refractivity (Wildman–Crippen MR) is 84.5 cm³/mol. The molecule has 23 heavy (non-hydrogen) atoms. The van der Waals surface area contributed by atoms with Crippen LogP contribution in [0.15, 0.2) is 36.7 Å². The number of nitrogens with one attached hydrogen (secondary N) is 2. The summed E-state index contributed by atoms with van der Waals surface area (Å²) in [5.74, 6) is -0.885. The number of benzene rings is 1. The van der Waals surface area contributed by atoms with Gasteiger partial charge in [0.1, 0.15) is 0 Å². The molecule has 8 nitrogen and oxygen atoms in total. The highest BCUT2D eigenvalue weighted by molar-refractivity contribution is 5.89. The van der Waals surface area contributed by atoms with E-state index in [4.69, 9.17) is 5.11 Å². The molecule has 1 heterocycles. The molecule has 0 saturated carbocycles. The smallest absolute Gasteiger partial charge is 0.319 e. The zero-order chi connectivity index (χ0) is 16.9. The van der Waals surface area contributed by atoms with Gasteiger partial charge in [-0.2, -0.15) is 0 Å². The minimum absolute atomic E-state index is 0.000116. The van der Waals surface area contributed by atoms with Crippen molar-refractivity contribution in [3.63, 3.8) is 0 Å². The number of rotatable bonds is 6. The van der Waals surface area contributed by atoms with Crippen molar-refractivity contribution in [1.29, 1.82) is 0 Å². The van der Waals surface area contributed by atoms with E-state index in [-0.39, 0.29) is 12.5 Å². The van der Waals surface area contributed by atoms with Crippen LogP contribution >= 0.6 is 0 Å². The largest absolute Gasteiger partial charge is 0.481 e. The zero-order valence-corrected chi connectivity index (χ0v) is 13.0. The lowest BCUT2D eigenvalue weighted by atomic mass is 9.99. The van der Waals surface area contributed by atoms with Crippen molar-refractivity contribution in [3.05, 3.63) is 36.7 Å². The summed E-state index contributed by atoms with van der Waals surface area (Å²) in [6, 6.07) is 6.73. The van der Waals surface area contributed by atoms with Crippen molar-refractivity contribution >= 4 is 17.7 Å². The number of anilines is 1. The van der Waals surface area contributed by atoms with Gasteiger partial charge in [-0.1, -0.05) is 5.21 Å². The monoisotopic (exact) mass is 317 g/mol. The number of carbonyl (C=O) groups excluding carboxylic acids is 1. The third kappa shape index (κ3) is 5.10. The molecule has 0 aliphatic carbocycles. The van der Waals surface area contributed by atoms with Crippen LogP contribution in [0.4, 0.5) is 10.5 Å². The number of carboxylic acid groups (broad SMARTS) is 1. The van der Waals surface area contributed by atoms with Crippen LogP contribution in [-0.2, 0) is 4.79 Å². The highest BCUT2D eigenvalue weighted by Gasteiger charge is 2.21. The summed E-state index contributed by atoms with van der Waals surface area (Å²) in [7, 11) is 0. The number of aliphatic carboxylic acids is 1. The first-order valence-corrected chi connectivity index (χ1v) is 7.13. The van der Waals surface area contributed by atoms with Gasteiger partial charge in [-0.3, -0.25) is 4.79 Å². The maximum absolute atomic E-state index is 12.0. The first kappa shape index (κ1) is 16.5. The van der Waals surface area contributed by atoms with Crippen molar-refractivity contribution in [3.8, 4) is 5.69 Å². The molecule has 0 saturated heterocycles. The average molecular weight is 317 g/mol. The number of carbonyl (C=O) groups is 2. The van der Waals surface area contributed by atoms with Crippen molar-refractivity contribution in [2.45, 2.75) is 32.2 Å². The van der Waals surface area contributed by atoms with E-state index in [0.717, 1.165) is 5.69 Å². The van der Waals surface area contributed by atoms with E-state index < -0.39 is 11.5 Å². The molecular weight excluding hydrogens is 298 g/mol. The normalized spacial score (nSPS) is 11.0. The Bertz CT molecular complexity index is 665. The second-order valence-corrected chi connectivity index (χ2v) is 5.75. The maximum atomic E-state index is 12.0. The van der Waals surface area contributed by atoms with Crippen molar-refractivity contribution in [2.24, 2.45) is 0 Å². The van der Waals surface area contributed by atoms with E-state index in [1.807, 2.05) is 0 Å². The quantitative estimate of drug-likeness (QED) is 0.755. The molecule has 0 bridgehead atoms. The van der Waals surface area contributed by atoms with Gasteiger partial charge in [-0.05, 0) is 44.5 Å². The van der Waals surface area contributed by atoms with Gasteiger partial charge < -0.3 is 15.7 Å². The number of urea groups is 1. The minimum Gasteiger partial charge on any atom is -0.481 e. The first-order valence-electron chi connectivity index (χ1n) is 7.13. The highest BCUT2D eigenvalue weighted by Crippen LogP contribution is 2.14. The van der Waals surface area contributed by atoms with Gasteiger partial charge in [0.05, 0.1) is 18.1 Å². The molecule has 3 N–H and O–H groups in total. The van der Waals surface area contributed by atoms with Crippen LogP contribution in [0.2, 0.25) is 0 Å². The Balaban J connectivity index is 1.91. The van der Waals surface area contributed by atoms with Gasteiger partial charge in [-0.25, -0.2) is 9.48 Å². The Hall–Kier alpha value is -2.90. The summed E-state index contributed by atoms with van der Waals surface area (Å²) in [6.07, 6.45) is 3.65. The van der Waals surface area contributed by atoms with Crippen LogP contribution in [0.25, 0.3) is 5.69 Å². The van der Waals surface area contributed by atoms with Gasteiger partial charge in [0, 0.05) is 17.6 Å². The van der Waals surface area contributed by atoms with Crippen LogP contribution in [0.3, 0.4) is 0 Å². The number of hydrogen-bond donors (Lipinski definition) is 3. The topological polar surface area (TPSA) is 109 Å². The van der Waals surface area contributed by atoms with Gasteiger partial charge in [0.25, 0.3) is 0 Å². The molecule has 0 aliphatic heterocycles. The van der Waals surface area contributed by atoms with Crippen LogP contribution < -0.4 is 10.6 Å². The lowest BCUT2D eigenvalue weighted by Gasteiger charge is -2.25. The summed E-state index contributed by atoms with van der Waals surface area (Å²) < 4.78 is 1.61. The molecule has 2 rings (SSSR count). The zero-order valence-electron chi connectivity index (χ0n) is 13.0. The van der Waals surface area contributed by atoms with E-state index in [2.05, 4.69) is 20.9 Å². The molecule has 0 unspecified atom stereocenters. The number of aromatic nitrogens is 3. The summed E-state index contributed by atoms with van der Waals surface area (Å²) in [5, 5.41) is 21.8. The maximum Gasteiger partial charge on any atom is 0.319 e. The van der Waals surface area contributed by atoms with Gasteiger partial charge >= 0.3 is 12.0 Å². The van der Waals surface area contributed by atoms with E-state index in [1.54, 1.807) is 55.2 Å². The van der Waals surface area contributed by atoms with Crippen molar-refractivity contribution < 1.29 is 14.7 Å². The molecule has 2 amide bonds. The summed E-state index contributed by atoms with van der Waals surface area (Å²) in [4.78, 5) is 22.6. The molecule has 0 radical (unpaired) electrons. The fourth-order valence-electron chi connectivity index (χ4n) is 2.00. The van der Waals surface area contributed by atoms with Gasteiger partial charge in [0.15, 0.2) is 0 Å². The molecule has 1 aromatic carbocycles. The average Bonchev–Trinajstić information content (AvgIpc) is 2.99. The first-order chi connectivity index (χ1) is 10.9. The van der Waals surface area contributed by atoms with Gasteiger partial charge in [0.2, 0.25) is 0 Å². The molecule has 2 aromatic rings. The Morgan fingerprint density at radius 1 is 1.26 bits per heavy atom. The van der Waals surface area contributed by atoms with E-state index in [1.165, 1.54) is 0 Å². The van der Waals surface area contributed by atoms with E-state index in [9.17, 15) is 9.59 Å². The van der Waals surface area contributed by atoms with Crippen LogP contribution in [0.5, 0.6) is 0 Å².